The van der Waals surface area contributed by atoms with Crippen molar-refractivity contribution in [3.8, 4) is 0 Å². The van der Waals surface area contributed by atoms with Gasteiger partial charge in [-0.05, 0) is 25.5 Å². The Balaban J connectivity index is 2.02. The predicted octanol–water partition coefficient (Wildman–Crippen LogP) is 1.40. The first kappa shape index (κ1) is 13.7. The number of rotatable bonds is 5. The molecule has 1 N–H and O–H groups in total. The highest BCUT2D eigenvalue weighted by Crippen LogP contribution is 2.43. The number of carbonyl (C=O) groups is 2. The maximum atomic E-state index is 12.3. The van der Waals surface area contributed by atoms with E-state index in [4.69, 9.17) is 0 Å². The molecule has 18 heavy (non-hydrogen) atoms. The summed E-state index contributed by atoms with van der Waals surface area (Å²) in [5.41, 5.74) is 0. The summed E-state index contributed by atoms with van der Waals surface area (Å²) in [7, 11) is 0. The lowest BCUT2D eigenvalue weighted by Crippen LogP contribution is -2.61. The van der Waals surface area contributed by atoms with Crippen LogP contribution in [0.5, 0.6) is 0 Å². The van der Waals surface area contributed by atoms with Crippen molar-refractivity contribution in [2.75, 3.05) is 19.3 Å². The topological polar surface area (TPSA) is 49.4 Å². The molecular weight excluding hydrogens is 248 g/mol. The van der Waals surface area contributed by atoms with Crippen molar-refractivity contribution in [1.82, 2.24) is 10.2 Å². The molecule has 1 unspecified atom stereocenters. The number of hydrogen-bond acceptors (Lipinski definition) is 3. The zero-order chi connectivity index (χ0) is 13.2. The highest BCUT2D eigenvalue weighted by molar-refractivity contribution is 8.00. The summed E-state index contributed by atoms with van der Waals surface area (Å²) in [6.07, 6.45) is 7.34. The van der Waals surface area contributed by atoms with Crippen LogP contribution in [-0.4, -0.2) is 46.8 Å². The number of hydrogen-bond donors (Lipinski definition) is 1. The molecule has 0 bridgehead atoms. The first-order valence-corrected chi connectivity index (χ1v) is 7.96. The van der Waals surface area contributed by atoms with Crippen LogP contribution in [0, 0.1) is 0 Å². The van der Waals surface area contributed by atoms with Gasteiger partial charge in [-0.1, -0.05) is 19.8 Å². The molecule has 1 heterocycles. The molecule has 1 atom stereocenters. The summed E-state index contributed by atoms with van der Waals surface area (Å²) in [4.78, 5) is 25.7. The van der Waals surface area contributed by atoms with Crippen LogP contribution in [0.15, 0.2) is 0 Å². The maximum Gasteiger partial charge on any atom is 0.245 e. The minimum atomic E-state index is -0.296. The van der Waals surface area contributed by atoms with Gasteiger partial charge >= 0.3 is 0 Å². The number of amides is 2. The highest BCUT2D eigenvalue weighted by atomic mass is 32.2. The van der Waals surface area contributed by atoms with E-state index in [0.29, 0.717) is 0 Å². The molecule has 1 aliphatic carbocycles. The van der Waals surface area contributed by atoms with Gasteiger partial charge < -0.3 is 10.2 Å². The minimum Gasteiger partial charge on any atom is -0.343 e. The molecule has 1 aliphatic heterocycles. The van der Waals surface area contributed by atoms with Gasteiger partial charge in [-0.2, -0.15) is 11.8 Å². The van der Waals surface area contributed by atoms with Gasteiger partial charge in [0.15, 0.2) is 0 Å². The van der Waals surface area contributed by atoms with E-state index >= 15 is 0 Å². The zero-order valence-corrected chi connectivity index (χ0v) is 12.0. The Labute approximate surface area is 113 Å². The molecular formula is C13H22N2O2S. The first-order chi connectivity index (χ1) is 8.60. The van der Waals surface area contributed by atoms with Crippen LogP contribution in [0.1, 0.15) is 39.0 Å². The van der Waals surface area contributed by atoms with Crippen molar-refractivity contribution in [2.45, 2.75) is 49.8 Å². The van der Waals surface area contributed by atoms with Crippen LogP contribution in [0.4, 0.5) is 0 Å². The molecule has 2 fully saturated rings. The number of thioether (sulfide) groups is 1. The number of piperazine rings is 1. The van der Waals surface area contributed by atoms with Crippen LogP contribution in [0.25, 0.3) is 0 Å². The van der Waals surface area contributed by atoms with E-state index in [0.717, 1.165) is 32.2 Å². The van der Waals surface area contributed by atoms with E-state index in [1.54, 1.807) is 4.90 Å². The van der Waals surface area contributed by atoms with Gasteiger partial charge in [0, 0.05) is 11.3 Å². The van der Waals surface area contributed by atoms with Crippen molar-refractivity contribution < 1.29 is 9.59 Å². The molecule has 4 nitrogen and oxygen atoms in total. The largest absolute Gasteiger partial charge is 0.343 e. The minimum absolute atomic E-state index is 0.0105. The highest BCUT2D eigenvalue weighted by Gasteiger charge is 2.41. The van der Waals surface area contributed by atoms with Crippen molar-refractivity contribution in [1.29, 1.82) is 0 Å². The Morgan fingerprint density at radius 3 is 2.67 bits per heavy atom. The third-order valence-electron chi connectivity index (χ3n) is 4.03. The maximum absolute atomic E-state index is 12.3. The summed E-state index contributed by atoms with van der Waals surface area (Å²) in [6.45, 7) is 3.01. The second-order valence-corrected chi connectivity index (χ2v) is 6.62. The van der Waals surface area contributed by atoms with E-state index in [1.807, 2.05) is 18.7 Å². The Hall–Kier alpha value is -0.710. The molecule has 0 aromatic carbocycles. The van der Waals surface area contributed by atoms with E-state index in [-0.39, 0.29) is 29.1 Å². The Kier molecular flexibility index (Phi) is 4.20. The number of nitrogens with one attached hydrogen (secondary N) is 1. The fourth-order valence-electron chi connectivity index (χ4n) is 2.74. The number of carbonyl (C=O) groups excluding carboxylic acids is 2. The van der Waals surface area contributed by atoms with Gasteiger partial charge in [0.2, 0.25) is 11.8 Å². The van der Waals surface area contributed by atoms with Gasteiger partial charge in [0.25, 0.3) is 0 Å². The molecule has 0 aromatic rings. The average Bonchev–Trinajstić information content (AvgIpc) is 2.29. The van der Waals surface area contributed by atoms with Crippen molar-refractivity contribution in [2.24, 2.45) is 0 Å². The Morgan fingerprint density at radius 1 is 1.44 bits per heavy atom. The number of nitrogens with zero attached hydrogens (tertiary/aromatic N) is 1. The summed E-state index contributed by atoms with van der Waals surface area (Å²) >= 11 is 1.84. The molecule has 2 rings (SSSR count). The SMILES string of the molecule is CCCC1NC(=O)CN(CC2(SC)CCC2)C1=O. The van der Waals surface area contributed by atoms with Crippen LogP contribution in [0.2, 0.25) is 0 Å². The van der Waals surface area contributed by atoms with Gasteiger partial charge in [-0.3, -0.25) is 9.59 Å². The van der Waals surface area contributed by atoms with Gasteiger partial charge in [-0.25, -0.2) is 0 Å². The molecule has 102 valence electrons. The summed E-state index contributed by atoms with van der Waals surface area (Å²) in [6, 6.07) is -0.296. The lowest BCUT2D eigenvalue weighted by atomic mass is 9.83. The van der Waals surface area contributed by atoms with E-state index in [9.17, 15) is 9.59 Å². The summed E-state index contributed by atoms with van der Waals surface area (Å²) in [5, 5.41) is 2.80. The molecule has 0 aromatic heterocycles. The average molecular weight is 270 g/mol. The quantitative estimate of drug-likeness (QED) is 0.821. The summed E-state index contributed by atoms with van der Waals surface area (Å²) in [5.74, 6) is 0.0976. The fourth-order valence-corrected chi connectivity index (χ4v) is 3.72. The van der Waals surface area contributed by atoms with Gasteiger partial charge in [-0.15, -0.1) is 0 Å². The zero-order valence-electron chi connectivity index (χ0n) is 11.2. The van der Waals surface area contributed by atoms with Crippen molar-refractivity contribution in [3.63, 3.8) is 0 Å². The fraction of sp³-hybridized carbons (Fsp3) is 0.846. The molecule has 1 saturated carbocycles. The first-order valence-electron chi connectivity index (χ1n) is 6.73. The molecule has 1 saturated heterocycles. The van der Waals surface area contributed by atoms with E-state index in [2.05, 4.69) is 11.6 Å². The normalized spacial score (nSPS) is 26.8. The van der Waals surface area contributed by atoms with Crippen LogP contribution in [0.3, 0.4) is 0 Å². The van der Waals surface area contributed by atoms with Crippen LogP contribution < -0.4 is 5.32 Å². The molecule has 2 amide bonds. The second-order valence-electron chi connectivity index (χ2n) is 5.34. The lowest BCUT2D eigenvalue weighted by Gasteiger charge is -2.45. The molecule has 2 aliphatic rings. The Bertz CT molecular complexity index is 336. The van der Waals surface area contributed by atoms with Crippen molar-refractivity contribution >= 4 is 23.6 Å². The second kappa shape index (κ2) is 5.51. The monoisotopic (exact) mass is 270 g/mol. The standard InChI is InChI=1S/C13H22N2O2S/c1-3-5-10-12(17)15(8-11(16)14-10)9-13(18-2)6-4-7-13/h10H,3-9H2,1-2H3,(H,14,16). The van der Waals surface area contributed by atoms with Crippen LogP contribution in [-0.2, 0) is 9.59 Å². The third kappa shape index (κ3) is 2.66. The van der Waals surface area contributed by atoms with E-state index < -0.39 is 0 Å². The van der Waals surface area contributed by atoms with E-state index in [1.165, 1.54) is 6.42 Å². The molecule has 0 spiro atoms. The molecule has 5 heteroatoms. The van der Waals surface area contributed by atoms with Gasteiger partial charge in [0.05, 0.1) is 6.54 Å². The van der Waals surface area contributed by atoms with Crippen molar-refractivity contribution in [3.05, 3.63) is 0 Å². The summed E-state index contributed by atoms with van der Waals surface area (Å²) < 4.78 is 0.212. The lowest BCUT2D eigenvalue weighted by molar-refractivity contribution is -0.145. The third-order valence-corrected chi connectivity index (χ3v) is 5.44. The molecule has 0 radical (unpaired) electrons. The predicted molar refractivity (Wildman–Crippen MR) is 73.5 cm³/mol. The van der Waals surface area contributed by atoms with Crippen LogP contribution >= 0.6 is 11.8 Å². The Morgan fingerprint density at radius 2 is 2.17 bits per heavy atom. The smallest absolute Gasteiger partial charge is 0.245 e. The van der Waals surface area contributed by atoms with Gasteiger partial charge in [0.1, 0.15) is 6.04 Å².